The molecule has 1 spiro atoms. The Balaban J connectivity index is 1.44. The van der Waals surface area contributed by atoms with E-state index in [1.807, 2.05) is 24.3 Å². The number of likely N-dealkylation sites (tertiary alicyclic amines) is 1. The maximum absolute atomic E-state index is 12.7. The lowest BCUT2D eigenvalue weighted by atomic mass is 9.89. The van der Waals surface area contributed by atoms with Gasteiger partial charge >= 0.3 is 0 Å². The van der Waals surface area contributed by atoms with Crippen LogP contribution in [-0.2, 0) is 4.79 Å². The molecule has 2 aliphatic rings. The average Bonchev–Trinajstić information content (AvgIpc) is 3.15. The lowest BCUT2D eigenvalue weighted by Gasteiger charge is -2.34. The van der Waals surface area contributed by atoms with Crippen LogP contribution in [0.3, 0.4) is 0 Å². The second-order valence-corrected chi connectivity index (χ2v) is 7.36. The number of ether oxygens (including phenoxy) is 3. The van der Waals surface area contributed by atoms with Gasteiger partial charge in [0, 0.05) is 19.0 Å². The van der Waals surface area contributed by atoms with Crippen molar-refractivity contribution < 1.29 is 23.8 Å². The molecule has 1 atom stereocenters. The summed E-state index contributed by atoms with van der Waals surface area (Å²) in [5.41, 5.74) is 0.807. The molecule has 0 aromatic heterocycles. The molecule has 0 N–H and O–H groups in total. The van der Waals surface area contributed by atoms with Crippen LogP contribution in [0.5, 0.6) is 17.2 Å². The first kappa shape index (κ1) is 19.1. The fraction of sp³-hybridized carbons (Fsp3) is 0.304. The van der Waals surface area contributed by atoms with Crippen molar-refractivity contribution in [3.63, 3.8) is 0 Å². The molecule has 6 nitrogen and oxygen atoms in total. The Hall–Kier alpha value is -3.28. The van der Waals surface area contributed by atoms with Crippen LogP contribution in [-0.4, -0.2) is 49.5 Å². The molecule has 0 bridgehead atoms. The monoisotopic (exact) mass is 393 g/mol. The fourth-order valence-corrected chi connectivity index (χ4v) is 3.85. The fourth-order valence-electron chi connectivity index (χ4n) is 3.85. The zero-order valence-electron chi connectivity index (χ0n) is 16.5. The molecular weight excluding hydrogens is 370 g/mol. The molecule has 2 aliphatic heterocycles. The Kier molecular flexibility index (Phi) is 5.01. The number of nitrogens with zero attached hydrogens (tertiary/aromatic N) is 1. The van der Waals surface area contributed by atoms with Crippen LogP contribution >= 0.6 is 0 Å². The first-order chi connectivity index (χ1) is 14.0. The normalized spacial score (nSPS) is 20.6. The van der Waals surface area contributed by atoms with Crippen molar-refractivity contribution in [2.75, 3.05) is 27.3 Å². The highest BCUT2D eigenvalue weighted by atomic mass is 16.5. The molecule has 2 aromatic carbocycles. The number of methoxy groups -OCH3 is 2. The average molecular weight is 393 g/mol. The Morgan fingerprint density at radius 3 is 2.55 bits per heavy atom. The minimum Gasteiger partial charge on any atom is -0.497 e. The zero-order chi connectivity index (χ0) is 20.4. The lowest BCUT2D eigenvalue weighted by Crippen LogP contribution is -2.45. The van der Waals surface area contributed by atoms with E-state index < -0.39 is 5.60 Å². The van der Waals surface area contributed by atoms with E-state index >= 15 is 0 Å². The highest BCUT2D eigenvalue weighted by Gasteiger charge is 2.46. The Morgan fingerprint density at radius 2 is 1.83 bits per heavy atom. The van der Waals surface area contributed by atoms with Crippen molar-refractivity contribution in [1.82, 2.24) is 4.90 Å². The van der Waals surface area contributed by atoms with Gasteiger partial charge in [-0.25, -0.2) is 0 Å². The van der Waals surface area contributed by atoms with Gasteiger partial charge < -0.3 is 19.1 Å². The zero-order valence-corrected chi connectivity index (χ0v) is 16.5. The lowest BCUT2D eigenvalue weighted by molar-refractivity contribution is -0.125. The van der Waals surface area contributed by atoms with E-state index in [0.717, 1.165) is 11.3 Å². The number of rotatable bonds is 4. The summed E-state index contributed by atoms with van der Waals surface area (Å²) in [5, 5.41) is 0. The molecular formula is C23H23NO5. The number of ketones is 1. The molecule has 1 amide bonds. The Morgan fingerprint density at radius 1 is 1.10 bits per heavy atom. The van der Waals surface area contributed by atoms with Crippen molar-refractivity contribution in [2.24, 2.45) is 0 Å². The number of amides is 1. The van der Waals surface area contributed by atoms with E-state index in [4.69, 9.17) is 14.2 Å². The van der Waals surface area contributed by atoms with Crippen molar-refractivity contribution in [3.8, 4) is 17.2 Å². The second kappa shape index (κ2) is 7.62. The molecule has 0 radical (unpaired) electrons. The molecule has 1 saturated heterocycles. The topological polar surface area (TPSA) is 65.1 Å². The molecule has 0 saturated carbocycles. The van der Waals surface area contributed by atoms with Crippen molar-refractivity contribution in [3.05, 3.63) is 59.7 Å². The van der Waals surface area contributed by atoms with E-state index in [1.165, 1.54) is 0 Å². The van der Waals surface area contributed by atoms with Gasteiger partial charge in [0.25, 0.3) is 0 Å². The smallest absolute Gasteiger partial charge is 0.246 e. The van der Waals surface area contributed by atoms with Gasteiger partial charge in [-0.1, -0.05) is 12.1 Å². The van der Waals surface area contributed by atoms with Crippen LogP contribution in [0.1, 0.15) is 28.8 Å². The summed E-state index contributed by atoms with van der Waals surface area (Å²) in [6, 6.07) is 12.7. The number of hydrogen-bond acceptors (Lipinski definition) is 5. The van der Waals surface area contributed by atoms with Crippen molar-refractivity contribution in [1.29, 1.82) is 0 Å². The van der Waals surface area contributed by atoms with E-state index in [-0.39, 0.29) is 18.1 Å². The van der Waals surface area contributed by atoms with Crippen LogP contribution in [0.2, 0.25) is 0 Å². The van der Waals surface area contributed by atoms with Gasteiger partial charge in [0.05, 0.1) is 32.7 Å². The highest BCUT2D eigenvalue weighted by Crippen LogP contribution is 2.40. The molecule has 150 valence electrons. The minimum absolute atomic E-state index is 0.0215. The third-order valence-corrected chi connectivity index (χ3v) is 5.46. The van der Waals surface area contributed by atoms with Crippen molar-refractivity contribution in [2.45, 2.75) is 18.4 Å². The van der Waals surface area contributed by atoms with Gasteiger partial charge in [-0.15, -0.1) is 0 Å². The van der Waals surface area contributed by atoms with E-state index in [0.29, 0.717) is 36.6 Å². The summed E-state index contributed by atoms with van der Waals surface area (Å²) < 4.78 is 16.5. The number of fused-ring (bicyclic) bond motifs is 1. The van der Waals surface area contributed by atoms with Gasteiger partial charge in [-0.05, 0) is 42.0 Å². The predicted molar refractivity (Wildman–Crippen MR) is 109 cm³/mol. The minimum atomic E-state index is -0.651. The largest absolute Gasteiger partial charge is 0.497 e. The van der Waals surface area contributed by atoms with Gasteiger partial charge in [-0.3, -0.25) is 9.59 Å². The Bertz CT molecular complexity index is 966. The Labute approximate surface area is 169 Å². The molecule has 2 heterocycles. The predicted octanol–water partition coefficient (Wildman–Crippen LogP) is 3.35. The van der Waals surface area contributed by atoms with E-state index in [2.05, 4.69) is 0 Å². The molecule has 29 heavy (non-hydrogen) atoms. The number of benzene rings is 2. The van der Waals surface area contributed by atoms with Crippen LogP contribution in [0.15, 0.2) is 48.5 Å². The maximum atomic E-state index is 12.7. The third kappa shape index (κ3) is 3.83. The maximum Gasteiger partial charge on any atom is 0.246 e. The summed E-state index contributed by atoms with van der Waals surface area (Å²) in [5.74, 6) is 1.89. The van der Waals surface area contributed by atoms with Crippen molar-refractivity contribution >= 4 is 17.8 Å². The summed E-state index contributed by atoms with van der Waals surface area (Å²) >= 11 is 0. The molecule has 2 aromatic rings. The molecule has 4 rings (SSSR count). The molecule has 6 heteroatoms. The van der Waals surface area contributed by atoms with E-state index in [1.54, 1.807) is 49.5 Å². The standard InChI is InChI=1S/C23H23NO5/c1-27-17-6-3-16(4-7-17)5-10-22(26)24-12-11-23(15-24)14-20(25)19-13-18(28-2)8-9-21(19)29-23/h3-10,13H,11-12,14-15H2,1-2H3/b10-5+. The van der Waals surface area contributed by atoms with Crippen LogP contribution in [0, 0.1) is 0 Å². The summed E-state index contributed by atoms with van der Waals surface area (Å²) in [7, 11) is 3.18. The first-order valence-electron chi connectivity index (χ1n) is 9.53. The number of hydrogen-bond donors (Lipinski definition) is 0. The molecule has 0 aliphatic carbocycles. The highest BCUT2D eigenvalue weighted by molar-refractivity contribution is 6.01. The third-order valence-electron chi connectivity index (χ3n) is 5.46. The SMILES string of the molecule is COc1ccc(/C=C/C(=O)N2CCC3(CC(=O)c4cc(OC)ccc4O3)C2)cc1. The van der Waals surface area contributed by atoms with Crippen LogP contribution < -0.4 is 14.2 Å². The summed E-state index contributed by atoms with van der Waals surface area (Å²) in [6.45, 7) is 0.959. The van der Waals surface area contributed by atoms with Gasteiger partial charge in [0.1, 0.15) is 22.8 Å². The van der Waals surface area contributed by atoms with Gasteiger partial charge in [-0.2, -0.15) is 0 Å². The van der Waals surface area contributed by atoms with Crippen LogP contribution in [0.25, 0.3) is 6.08 Å². The number of Topliss-reactive ketones (excluding diaryl/α,β-unsaturated/α-hetero) is 1. The summed E-state index contributed by atoms with van der Waals surface area (Å²) in [4.78, 5) is 27.1. The van der Waals surface area contributed by atoms with Gasteiger partial charge in [0.2, 0.25) is 5.91 Å². The second-order valence-electron chi connectivity index (χ2n) is 7.36. The summed E-state index contributed by atoms with van der Waals surface area (Å²) in [6.07, 6.45) is 4.23. The quantitative estimate of drug-likeness (QED) is 0.746. The number of carbonyl (C=O) groups is 2. The molecule has 1 unspecified atom stereocenters. The van der Waals surface area contributed by atoms with Crippen LogP contribution in [0.4, 0.5) is 0 Å². The van der Waals surface area contributed by atoms with E-state index in [9.17, 15) is 9.59 Å². The van der Waals surface area contributed by atoms with Gasteiger partial charge in [0.15, 0.2) is 5.78 Å². The first-order valence-corrected chi connectivity index (χ1v) is 9.53. The molecule has 1 fully saturated rings. The number of carbonyl (C=O) groups excluding carboxylic acids is 2.